The van der Waals surface area contributed by atoms with Gasteiger partial charge in [-0.15, -0.1) is 0 Å². The fraction of sp³-hybridized carbons (Fsp3) is 0.273. The van der Waals surface area contributed by atoms with Gasteiger partial charge in [0.1, 0.15) is 11.4 Å². The summed E-state index contributed by atoms with van der Waals surface area (Å²) in [5.41, 5.74) is 2.87. The molecule has 1 amide bonds. The normalized spacial score (nSPS) is 16.8. The SMILES string of the molecule is COc1ccccc1-c1nn(-c2ccccc2)cc1C(=O)N1CCOC(C)C1. The maximum absolute atomic E-state index is 13.4. The first-order chi connectivity index (χ1) is 13.7. The van der Waals surface area contributed by atoms with E-state index >= 15 is 0 Å². The number of benzene rings is 2. The zero-order valence-corrected chi connectivity index (χ0v) is 16.0. The average molecular weight is 377 g/mol. The molecular weight excluding hydrogens is 354 g/mol. The molecule has 0 bridgehead atoms. The maximum atomic E-state index is 13.4. The molecular formula is C22H23N3O3. The van der Waals surface area contributed by atoms with E-state index in [1.165, 1.54) is 0 Å². The fourth-order valence-electron chi connectivity index (χ4n) is 3.46. The molecule has 0 N–H and O–H groups in total. The Morgan fingerprint density at radius 2 is 1.89 bits per heavy atom. The van der Waals surface area contributed by atoms with Gasteiger partial charge in [0.25, 0.3) is 5.91 Å². The number of para-hydroxylation sites is 2. The second-order valence-electron chi connectivity index (χ2n) is 6.80. The third-order valence-electron chi connectivity index (χ3n) is 4.86. The first-order valence-corrected chi connectivity index (χ1v) is 9.36. The van der Waals surface area contributed by atoms with Crippen molar-refractivity contribution >= 4 is 5.91 Å². The zero-order chi connectivity index (χ0) is 19.5. The van der Waals surface area contributed by atoms with E-state index in [4.69, 9.17) is 14.6 Å². The Balaban J connectivity index is 1.81. The molecule has 6 heteroatoms. The third-order valence-corrected chi connectivity index (χ3v) is 4.86. The van der Waals surface area contributed by atoms with Gasteiger partial charge < -0.3 is 14.4 Å². The van der Waals surface area contributed by atoms with Crippen molar-refractivity contribution in [3.8, 4) is 22.7 Å². The summed E-state index contributed by atoms with van der Waals surface area (Å²) >= 11 is 0. The van der Waals surface area contributed by atoms with E-state index in [0.717, 1.165) is 11.3 Å². The van der Waals surface area contributed by atoms with Crippen LogP contribution in [0.3, 0.4) is 0 Å². The van der Waals surface area contributed by atoms with Crippen LogP contribution in [0.1, 0.15) is 17.3 Å². The molecule has 2 aromatic carbocycles. The van der Waals surface area contributed by atoms with E-state index in [1.807, 2.05) is 66.4 Å². The van der Waals surface area contributed by atoms with Crippen LogP contribution < -0.4 is 4.74 Å². The number of aromatic nitrogens is 2. The number of hydrogen-bond donors (Lipinski definition) is 0. The quantitative estimate of drug-likeness (QED) is 0.699. The summed E-state index contributed by atoms with van der Waals surface area (Å²) in [6.07, 6.45) is 1.83. The van der Waals surface area contributed by atoms with Crippen molar-refractivity contribution in [2.75, 3.05) is 26.8 Å². The number of methoxy groups -OCH3 is 1. The standard InChI is InChI=1S/C22H23N3O3/c1-16-14-24(12-13-28-16)22(26)19-15-25(17-8-4-3-5-9-17)23-21(19)18-10-6-7-11-20(18)27-2/h3-11,15-16H,12-14H2,1-2H3. The van der Waals surface area contributed by atoms with Gasteiger partial charge in [-0.05, 0) is 31.2 Å². The molecule has 144 valence electrons. The van der Waals surface area contributed by atoms with Crippen molar-refractivity contribution in [3.05, 3.63) is 66.4 Å². The molecule has 4 rings (SSSR count). The Bertz CT molecular complexity index is 968. The van der Waals surface area contributed by atoms with Crippen molar-refractivity contribution in [2.45, 2.75) is 13.0 Å². The molecule has 2 heterocycles. The summed E-state index contributed by atoms with van der Waals surface area (Å²) < 4.78 is 12.9. The summed E-state index contributed by atoms with van der Waals surface area (Å²) in [5, 5.41) is 4.75. The Kier molecular flexibility index (Phi) is 5.12. The molecule has 1 fully saturated rings. The highest BCUT2D eigenvalue weighted by Gasteiger charge is 2.28. The van der Waals surface area contributed by atoms with Crippen molar-refractivity contribution in [3.63, 3.8) is 0 Å². The Morgan fingerprint density at radius 3 is 2.64 bits per heavy atom. The van der Waals surface area contributed by atoms with Gasteiger partial charge in [0.05, 0.1) is 31.1 Å². The summed E-state index contributed by atoms with van der Waals surface area (Å²) in [4.78, 5) is 15.2. The van der Waals surface area contributed by atoms with Gasteiger partial charge >= 0.3 is 0 Å². The minimum Gasteiger partial charge on any atom is -0.496 e. The Hall–Kier alpha value is -3.12. The van der Waals surface area contributed by atoms with Gasteiger partial charge in [-0.3, -0.25) is 4.79 Å². The van der Waals surface area contributed by atoms with Crippen LogP contribution in [0.15, 0.2) is 60.8 Å². The summed E-state index contributed by atoms with van der Waals surface area (Å²) in [7, 11) is 1.62. The van der Waals surface area contributed by atoms with E-state index in [1.54, 1.807) is 18.0 Å². The van der Waals surface area contributed by atoms with E-state index < -0.39 is 0 Å². The molecule has 28 heavy (non-hydrogen) atoms. The number of carbonyl (C=O) groups excluding carboxylic acids is 1. The molecule has 1 unspecified atom stereocenters. The average Bonchev–Trinajstić information content (AvgIpc) is 3.19. The number of amides is 1. The van der Waals surface area contributed by atoms with Gasteiger partial charge in [0, 0.05) is 24.8 Å². The number of ether oxygens (including phenoxy) is 2. The maximum Gasteiger partial charge on any atom is 0.257 e. The number of carbonyl (C=O) groups is 1. The van der Waals surface area contributed by atoms with Gasteiger partial charge in [-0.1, -0.05) is 30.3 Å². The van der Waals surface area contributed by atoms with Gasteiger partial charge in [0.2, 0.25) is 0 Å². The molecule has 1 aromatic heterocycles. The van der Waals surface area contributed by atoms with E-state index in [9.17, 15) is 4.79 Å². The molecule has 3 aromatic rings. The second-order valence-corrected chi connectivity index (χ2v) is 6.80. The van der Waals surface area contributed by atoms with Crippen LogP contribution in [0.5, 0.6) is 5.75 Å². The molecule has 0 aliphatic carbocycles. The number of rotatable bonds is 4. The first-order valence-electron chi connectivity index (χ1n) is 9.36. The van der Waals surface area contributed by atoms with Crippen LogP contribution in [0.25, 0.3) is 16.9 Å². The first kappa shape index (κ1) is 18.3. The molecule has 0 saturated carbocycles. The summed E-state index contributed by atoms with van der Waals surface area (Å²) in [6.45, 7) is 3.67. The van der Waals surface area contributed by atoms with Gasteiger partial charge in [0.15, 0.2) is 0 Å². The Labute approximate surface area is 164 Å². The number of nitrogens with zero attached hydrogens (tertiary/aromatic N) is 3. The van der Waals surface area contributed by atoms with Crippen molar-refractivity contribution in [2.24, 2.45) is 0 Å². The van der Waals surface area contributed by atoms with E-state index in [2.05, 4.69) is 0 Å². The van der Waals surface area contributed by atoms with Crippen molar-refractivity contribution in [1.29, 1.82) is 0 Å². The lowest BCUT2D eigenvalue weighted by Crippen LogP contribution is -2.44. The lowest BCUT2D eigenvalue weighted by Gasteiger charge is -2.31. The van der Waals surface area contributed by atoms with Crippen molar-refractivity contribution in [1.82, 2.24) is 14.7 Å². The van der Waals surface area contributed by atoms with Crippen LogP contribution in [0, 0.1) is 0 Å². The Morgan fingerprint density at radius 1 is 1.14 bits per heavy atom. The van der Waals surface area contributed by atoms with Crippen molar-refractivity contribution < 1.29 is 14.3 Å². The predicted octanol–water partition coefficient (Wildman–Crippen LogP) is 3.41. The molecule has 0 spiro atoms. The van der Waals surface area contributed by atoms with Gasteiger partial charge in [-0.25, -0.2) is 4.68 Å². The molecule has 1 saturated heterocycles. The highest BCUT2D eigenvalue weighted by atomic mass is 16.5. The number of hydrogen-bond acceptors (Lipinski definition) is 4. The minimum atomic E-state index is -0.0433. The lowest BCUT2D eigenvalue weighted by atomic mass is 10.1. The smallest absolute Gasteiger partial charge is 0.257 e. The highest BCUT2D eigenvalue weighted by Crippen LogP contribution is 2.32. The molecule has 0 radical (unpaired) electrons. The molecule has 1 atom stereocenters. The second kappa shape index (κ2) is 7.86. The molecule has 6 nitrogen and oxygen atoms in total. The summed E-state index contributed by atoms with van der Waals surface area (Å²) in [6, 6.07) is 17.4. The lowest BCUT2D eigenvalue weighted by molar-refractivity contribution is -0.0123. The van der Waals surface area contributed by atoms with Crippen LogP contribution in [-0.4, -0.2) is 53.5 Å². The van der Waals surface area contributed by atoms with E-state index in [-0.39, 0.29) is 12.0 Å². The fourth-order valence-corrected chi connectivity index (χ4v) is 3.46. The topological polar surface area (TPSA) is 56.6 Å². The van der Waals surface area contributed by atoms with Gasteiger partial charge in [-0.2, -0.15) is 5.10 Å². The van der Waals surface area contributed by atoms with Crippen LogP contribution in [-0.2, 0) is 4.74 Å². The number of morpholine rings is 1. The minimum absolute atomic E-state index is 0.0246. The third kappa shape index (κ3) is 3.51. The largest absolute Gasteiger partial charge is 0.496 e. The highest BCUT2D eigenvalue weighted by molar-refractivity contribution is 6.00. The van der Waals surface area contributed by atoms with Crippen LogP contribution in [0.4, 0.5) is 0 Å². The zero-order valence-electron chi connectivity index (χ0n) is 16.0. The van der Waals surface area contributed by atoms with E-state index in [0.29, 0.717) is 36.7 Å². The predicted molar refractivity (Wildman–Crippen MR) is 107 cm³/mol. The van der Waals surface area contributed by atoms with Crippen LogP contribution >= 0.6 is 0 Å². The molecule has 1 aliphatic rings. The monoisotopic (exact) mass is 377 g/mol. The van der Waals surface area contributed by atoms with Crippen LogP contribution in [0.2, 0.25) is 0 Å². The molecule has 1 aliphatic heterocycles. The summed E-state index contributed by atoms with van der Waals surface area (Å²) in [5.74, 6) is 0.642.